The van der Waals surface area contributed by atoms with Crippen molar-refractivity contribution in [2.45, 2.75) is 44.3 Å². The van der Waals surface area contributed by atoms with Crippen molar-refractivity contribution >= 4 is 11.6 Å². The maximum Gasteiger partial charge on any atom is 0.258 e. The van der Waals surface area contributed by atoms with Crippen molar-refractivity contribution in [1.29, 1.82) is 0 Å². The number of nitrogens with one attached hydrogen (secondary N) is 2. The number of carbonyl (C=O) groups is 1. The Hall–Kier alpha value is -3.75. The highest BCUT2D eigenvalue weighted by molar-refractivity contribution is 6.10. The second-order valence-electron chi connectivity index (χ2n) is 11.0. The second kappa shape index (κ2) is 9.22. The number of carbonyl (C=O) groups excluding carboxylic acids is 1. The average molecular weight is 508 g/mol. The molecular weight excluding hydrogens is 474 g/mol. The molecule has 194 valence electrons. The summed E-state index contributed by atoms with van der Waals surface area (Å²) >= 11 is 0. The van der Waals surface area contributed by atoms with Gasteiger partial charge in [0.25, 0.3) is 5.91 Å². The van der Waals surface area contributed by atoms with Crippen LogP contribution < -0.4 is 4.90 Å². The second-order valence-corrected chi connectivity index (χ2v) is 11.0. The number of imidazole rings is 2. The molecule has 2 aromatic heterocycles. The van der Waals surface area contributed by atoms with Crippen LogP contribution in [0.3, 0.4) is 0 Å². The SMILES string of the molecule is CN1CCCC1c1ncc(-c2ccc(N3Cc4cc(-c5cnc([C@@H]6CCCN6C)[nH]5)ccc4C3=O)cc2)[nH]1. The van der Waals surface area contributed by atoms with Crippen LogP contribution in [-0.2, 0) is 6.54 Å². The van der Waals surface area contributed by atoms with Gasteiger partial charge < -0.3 is 14.9 Å². The molecule has 3 aliphatic heterocycles. The number of likely N-dealkylation sites (tertiary alicyclic amines) is 2. The quantitative estimate of drug-likeness (QED) is 0.390. The molecule has 2 saturated heterocycles. The molecule has 8 heteroatoms. The third-order valence-corrected chi connectivity index (χ3v) is 8.57. The van der Waals surface area contributed by atoms with E-state index < -0.39 is 0 Å². The van der Waals surface area contributed by atoms with Gasteiger partial charge in [0.1, 0.15) is 11.6 Å². The number of nitrogens with zero attached hydrogens (tertiary/aromatic N) is 5. The van der Waals surface area contributed by atoms with Crippen molar-refractivity contribution in [3.05, 3.63) is 77.6 Å². The monoisotopic (exact) mass is 507 g/mol. The minimum absolute atomic E-state index is 0.0466. The van der Waals surface area contributed by atoms with Crippen LogP contribution in [0.25, 0.3) is 22.5 Å². The molecule has 0 aliphatic carbocycles. The lowest BCUT2D eigenvalue weighted by Crippen LogP contribution is -2.22. The van der Waals surface area contributed by atoms with Crippen LogP contribution >= 0.6 is 0 Å². The number of anilines is 1. The van der Waals surface area contributed by atoms with Crippen molar-refractivity contribution in [1.82, 2.24) is 29.7 Å². The molecule has 2 fully saturated rings. The van der Waals surface area contributed by atoms with E-state index in [0.717, 1.165) is 76.9 Å². The van der Waals surface area contributed by atoms with Crippen molar-refractivity contribution in [2.75, 3.05) is 32.1 Å². The molecule has 1 unspecified atom stereocenters. The molecule has 7 rings (SSSR count). The summed E-state index contributed by atoms with van der Waals surface area (Å²) in [7, 11) is 4.31. The Morgan fingerprint density at radius 2 is 1.37 bits per heavy atom. The maximum atomic E-state index is 13.3. The summed E-state index contributed by atoms with van der Waals surface area (Å²) in [5.41, 5.74) is 6.87. The molecule has 2 aromatic carbocycles. The van der Waals surface area contributed by atoms with Gasteiger partial charge in [0.05, 0.1) is 42.4 Å². The number of benzene rings is 2. The Bertz CT molecular complexity index is 1490. The van der Waals surface area contributed by atoms with Gasteiger partial charge in [-0.1, -0.05) is 18.2 Å². The summed E-state index contributed by atoms with van der Waals surface area (Å²) in [6, 6.07) is 15.0. The van der Waals surface area contributed by atoms with E-state index >= 15 is 0 Å². The van der Waals surface area contributed by atoms with Gasteiger partial charge in [0.15, 0.2) is 0 Å². The molecule has 1 amide bonds. The van der Waals surface area contributed by atoms with Crippen LogP contribution in [-0.4, -0.2) is 62.8 Å². The number of amides is 1. The minimum Gasteiger partial charge on any atom is -0.341 e. The van der Waals surface area contributed by atoms with E-state index in [2.05, 4.69) is 62.0 Å². The van der Waals surface area contributed by atoms with E-state index in [9.17, 15) is 4.79 Å². The first-order valence-corrected chi connectivity index (χ1v) is 13.6. The highest BCUT2D eigenvalue weighted by Gasteiger charge is 2.30. The van der Waals surface area contributed by atoms with E-state index in [1.165, 1.54) is 12.8 Å². The van der Waals surface area contributed by atoms with E-state index in [4.69, 9.17) is 0 Å². The summed E-state index contributed by atoms with van der Waals surface area (Å²) in [5.74, 6) is 2.10. The molecule has 8 nitrogen and oxygen atoms in total. The zero-order valence-electron chi connectivity index (χ0n) is 21.9. The molecule has 0 bridgehead atoms. The Morgan fingerprint density at radius 3 is 1.95 bits per heavy atom. The largest absolute Gasteiger partial charge is 0.341 e. The fourth-order valence-corrected chi connectivity index (χ4v) is 6.33. The number of hydrogen-bond acceptors (Lipinski definition) is 5. The maximum absolute atomic E-state index is 13.3. The molecule has 4 aromatic rings. The average Bonchev–Trinajstić information content (AvgIpc) is 3.75. The molecule has 5 heterocycles. The summed E-state index contributed by atoms with van der Waals surface area (Å²) in [6.07, 6.45) is 8.52. The van der Waals surface area contributed by atoms with E-state index in [0.29, 0.717) is 18.6 Å². The van der Waals surface area contributed by atoms with E-state index in [-0.39, 0.29) is 5.91 Å². The van der Waals surface area contributed by atoms with Gasteiger partial charge in [-0.3, -0.25) is 14.6 Å². The van der Waals surface area contributed by atoms with Gasteiger partial charge in [-0.25, -0.2) is 9.97 Å². The van der Waals surface area contributed by atoms with Gasteiger partial charge in [0.2, 0.25) is 0 Å². The number of aromatic amines is 2. The molecule has 0 radical (unpaired) electrons. The molecule has 2 N–H and O–H groups in total. The molecular formula is C30H33N7O. The highest BCUT2D eigenvalue weighted by Crippen LogP contribution is 2.35. The van der Waals surface area contributed by atoms with Gasteiger partial charge in [-0.15, -0.1) is 0 Å². The number of fused-ring (bicyclic) bond motifs is 1. The number of aromatic nitrogens is 4. The fraction of sp³-hybridized carbons (Fsp3) is 0.367. The first kappa shape index (κ1) is 23.4. The summed E-state index contributed by atoms with van der Waals surface area (Å²) in [4.78, 5) is 36.2. The number of rotatable bonds is 5. The van der Waals surface area contributed by atoms with Crippen LogP contribution in [0.4, 0.5) is 5.69 Å². The van der Waals surface area contributed by atoms with E-state index in [1.807, 2.05) is 41.6 Å². The minimum atomic E-state index is 0.0466. The predicted octanol–water partition coefficient (Wildman–Crippen LogP) is 5.16. The van der Waals surface area contributed by atoms with Crippen molar-refractivity contribution in [3.8, 4) is 22.5 Å². The molecule has 0 spiro atoms. The third-order valence-electron chi connectivity index (χ3n) is 8.57. The van der Waals surface area contributed by atoms with Crippen LogP contribution in [0.15, 0.2) is 54.9 Å². The Morgan fingerprint density at radius 1 is 0.789 bits per heavy atom. The topological polar surface area (TPSA) is 84.2 Å². The van der Waals surface area contributed by atoms with Gasteiger partial charge in [-0.05, 0) is 93.8 Å². The summed E-state index contributed by atoms with van der Waals surface area (Å²) in [6.45, 7) is 2.79. The summed E-state index contributed by atoms with van der Waals surface area (Å²) < 4.78 is 0. The molecule has 0 saturated carbocycles. The number of hydrogen-bond donors (Lipinski definition) is 2. The normalized spacial score (nSPS) is 22.1. The standard InChI is InChI=1S/C30H33N7O/c1-35-13-3-5-26(35)28-31-16-24(33-28)19-7-10-22(11-8-19)37-18-21-15-20(9-12-23(21)30(37)38)25-17-32-29(34-25)27-6-4-14-36(27)2/h7-12,15-17,26-27H,3-6,13-14,18H2,1-2H3,(H,31,33)(H,32,34)/t26?,27-/m0/s1. The van der Waals surface area contributed by atoms with Crippen LogP contribution in [0.2, 0.25) is 0 Å². The van der Waals surface area contributed by atoms with Gasteiger partial charge in [-0.2, -0.15) is 0 Å². The van der Waals surface area contributed by atoms with Crippen LogP contribution in [0.1, 0.15) is 65.3 Å². The zero-order valence-corrected chi connectivity index (χ0v) is 21.9. The molecule has 38 heavy (non-hydrogen) atoms. The Kier molecular flexibility index (Phi) is 5.67. The Balaban J connectivity index is 1.08. The molecule has 3 aliphatic rings. The highest BCUT2D eigenvalue weighted by atomic mass is 16.2. The van der Waals surface area contributed by atoms with Gasteiger partial charge in [0, 0.05) is 11.3 Å². The predicted molar refractivity (Wildman–Crippen MR) is 148 cm³/mol. The first-order valence-electron chi connectivity index (χ1n) is 13.6. The smallest absolute Gasteiger partial charge is 0.258 e. The van der Waals surface area contributed by atoms with Crippen LogP contribution in [0.5, 0.6) is 0 Å². The fourth-order valence-electron chi connectivity index (χ4n) is 6.33. The van der Waals surface area contributed by atoms with Crippen molar-refractivity contribution in [2.24, 2.45) is 0 Å². The lowest BCUT2D eigenvalue weighted by molar-refractivity contribution is 0.0996. The third kappa shape index (κ3) is 3.95. The zero-order chi connectivity index (χ0) is 25.8. The van der Waals surface area contributed by atoms with Crippen molar-refractivity contribution < 1.29 is 4.79 Å². The van der Waals surface area contributed by atoms with E-state index in [1.54, 1.807) is 0 Å². The summed E-state index contributed by atoms with van der Waals surface area (Å²) in [5, 5.41) is 0. The van der Waals surface area contributed by atoms with Crippen LogP contribution in [0, 0.1) is 0 Å². The first-order chi connectivity index (χ1) is 18.5. The van der Waals surface area contributed by atoms with Crippen molar-refractivity contribution in [3.63, 3.8) is 0 Å². The van der Waals surface area contributed by atoms with Gasteiger partial charge >= 0.3 is 0 Å². The lowest BCUT2D eigenvalue weighted by Gasteiger charge is -2.17. The lowest BCUT2D eigenvalue weighted by atomic mass is 10.0. The Labute approximate surface area is 222 Å². The number of H-pyrrole nitrogens is 2. The molecule has 2 atom stereocenters.